The molecule has 3 rings (SSSR count). The third-order valence-corrected chi connectivity index (χ3v) is 5.06. The van der Waals surface area contributed by atoms with E-state index in [4.69, 9.17) is 0 Å². The number of rotatable bonds is 3. The van der Waals surface area contributed by atoms with E-state index in [9.17, 15) is 14.3 Å². The zero-order chi connectivity index (χ0) is 14.9. The van der Waals surface area contributed by atoms with Crippen LogP contribution in [-0.2, 0) is 10.2 Å². The fourth-order valence-electron chi connectivity index (χ4n) is 3.64. The molecule has 0 radical (unpaired) electrons. The van der Waals surface area contributed by atoms with Crippen molar-refractivity contribution in [3.63, 3.8) is 0 Å². The van der Waals surface area contributed by atoms with Gasteiger partial charge in [-0.2, -0.15) is 0 Å². The van der Waals surface area contributed by atoms with E-state index in [-0.39, 0.29) is 24.2 Å². The lowest BCUT2D eigenvalue weighted by Crippen LogP contribution is -2.53. The Kier molecular flexibility index (Phi) is 3.98. The summed E-state index contributed by atoms with van der Waals surface area (Å²) < 4.78 is 13.5. The van der Waals surface area contributed by atoms with Crippen LogP contribution in [0.1, 0.15) is 37.7 Å². The van der Waals surface area contributed by atoms with Gasteiger partial charge in [0.15, 0.2) is 0 Å². The number of carbonyl (C=O) groups is 1. The van der Waals surface area contributed by atoms with Gasteiger partial charge < -0.3 is 10.0 Å². The summed E-state index contributed by atoms with van der Waals surface area (Å²) in [6.45, 7) is 1.52. The zero-order valence-corrected chi connectivity index (χ0v) is 12.2. The molecule has 1 atom stereocenters. The van der Waals surface area contributed by atoms with Gasteiger partial charge in [-0.15, -0.1) is 0 Å². The Balaban J connectivity index is 1.84. The molecule has 0 spiro atoms. The third kappa shape index (κ3) is 2.57. The lowest BCUT2D eigenvalue weighted by Gasteiger charge is -2.45. The molecule has 1 unspecified atom stereocenters. The molecule has 1 saturated heterocycles. The van der Waals surface area contributed by atoms with Gasteiger partial charge in [0.25, 0.3) is 0 Å². The van der Waals surface area contributed by atoms with Crippen molar-refractivity contribution in [2.75, 3.05) is 19.7 Å². The maximum atomic E-state index is 13.5. The molecule has 4 heteroatoms. The van der Waals surface area contributed by atoms with E-state index in [0.717, 1.165) is 44.2 Å². The molecule has 1 aromatic rings. The van der Waals surface area contributed by atoms with Crippen LogP contribution >= 0.6 is 0 Å². The lowest BCUT2D eigenvalue weighted by molar-refractivity contribution is -0.143. The van der Waals surface area contributed by atoms with Crippen molar-refractivity contribution >= 4 is 5.91 Å². The SMILES string of the molecule is O=C(N1CCCC(CO)C1)C1(c2cccc(F)c2)CCC1. The predicted octanol–water partition coefficient (Wildman–Crippen LogP) is 2.48. The van der Waals surface area contributed by atoms with Crippen molar-refractivity contribution < 1.29 is 14.3 Å². The first kappa shape index (κ1) is 14.5. The minimum atomic E-state index is -0.528. The Labute approximate surface area is 124 Å². The zero-order valence-electron chi connectivity index (χ0n) is 12.2. The number of likely N-dealkylation sites (tertiary alicyclic amines) is 1. The van der Waals surface area contributed by atoms with Crippen molar-refractivity contribution in [2.24, 2.45) is 5.92 Å². The van der Waals surface area contributed by atoms with Crippen LogP contribution in [-0.4, -0.2) is 35.6 Å². The van der Waals surface area contributed by atoms with Crippen molar-refractivity contribution in [2.45, 2.75) is 37.5 Å². The fourth-order valence-corrected chi connectivity index (χ4v) is 3.64. The summed E-state index contributed by atoms with van der Waals surface area (Å²) in [6, 6.07) is 6.48. The number of aliphatic hydroxyl groups excluding tert-OH is 1. The van der Waals surface area contributed by atoms with Gasteiger partial charge in [-0.3, -0.25) is 4.79 Å². The minimum Gasteiger partial charge on any atom is -0.396 e. The molecular formula is C17H22FNO2. The second-order valence-corrected chi connectivity index (χ2v) is 6.39. The molecule has 1 N–H and O–H groups in total. The molecule has 3 nitrogen and oxygen atoms in total. The predicted molar refractivity (Wildman–Crippen MR) is 78.3 cm³/mol. The number of amides is 1. The summed E-state index contributed by atoms with van der Waals surface area (Å²) in [5, 5.41) is 9.33. The average Bonchev–Trinajstić information content (AvgIpc) is 2.46. The smallest absolute Gasteiger partial charge is 0.233 e. The van der Waals surface area contributed by atoms with Crippen molar-refractivity contribution in [3.8, 4) is 0 Å². The van der Waals surface area contributed by atoms with Crippen molar-refractivity contribution in [1.82, 2.24) is 4.90 Å². The third-order valence-electron chi connectivity index (χ3n) is 5.06. The maximum Gasteiger partial charge on any atom is 0.233 e. The highest BCUT2D eigenvalue weighted by Gasteiger charge is 2.48. The van der Waals surface area contributed by atoms with Gasteiger partial charge in [0, 0.05) is 19.7 Å². The minimum absolute atomic E-state index is 0.123. The van der Waals surface area contributed by atoms with E-state index >= 15 is 0 Å². The summed E-state index contributed by atoms with van der Waals surface area (Å²) in [7, 11) is 0. The highest BCUT2D eigenvalue weighted by Crippen LogP contribution is 2.45. The van der Waals surface area contributed by atoms with Crippen LogP contribution in [0.15, 0.2) is 24.3 Å². The second kappa shape index (κ2) is 5.76. The standard InChI is InChI=1S/C17H22FNO2/c18-15-6-1-5-14(10-15)17(7-3-8-17)16(21)19-9-2-4-13(11-19)12-20/h1,5-6,10,13,20H,2-4,7-9,11-12H2. The highest BCUT2D eigenvalue weighted by atomic mass is 19.1. The van der Waals surface area contributed by atoms with Crippen LogP contribution in [0.3, 0.4) is 0 Å². The summed E-state index contributed by atoms with van der Waals surface area (Å²) in [5.74, 6) is 0.0308. The molecule has 1 aromatic carbocycles. The first-order valence-corrected chi connectivity index (χ1v) is 7.82. The normalized spacial score (nSPS) is 24.5. The number of piperidine rings is 1. The summed E-state index contributed by atoms with van der Waals surface area (Å²) in [5.41, 5.74) is 0.282. The van der Waals surface area contributed by atoms with E-state index in [1.165, 1.54) is 12.1 Å². The van der Waals surface area contributed by atoms with Crippen molar-refractivity contribution in [1.29, 1.82) is 0 Å². The first-order chi connectivity index (χ1) is 10.2. The van der Waals surface area contributed by atoms with Crippen LogP contribution in [0, 0.1) is 11.7 Å². The molecule has 0 aromatic heterocycles. The van der Waals surface area contributed by atoms with Gasteiger partial charge in [-0.25, -0.2) is 4.39 Å². The number of halogens is 1. The molecule has 1 heterocycles. The molecule has 21 heavy (non-hydrogen) atoms. The van der Waals surface area contributed by atoms with Crippen LogP contribution in [0.4, 0.5) is 4.39 Å². The van der Waals surface area contributed by atoms with Crippen LogP contribution in [0.5, 0.6) is 0 Å². The second-order valence-electron chi connectivity index (χ2n) is 6.39. The number of hydrogen-bond acceptors (Lipinski definition) is 2. The molecule has 1 aliphatic carbocycles. The Hall–Kier alpha value is -1.42. The molecule has 114 valence electrons. The van der Waals surface area contributed by atoms with Gasteiger partial charge in [-0.05, 0) is 49.3 Å². The van der Waals surface area contributed by atoms with Gasteiger partial charge >= 0.3 is 0 Å². The van der Waals surface area contributed by atoms with Gasteiger partial charge in [0.2, 0.25) is 5.91 Å². The first-order valence-electron chi connectivity index (χ1n) is 7.82. The quantitative estimate of drug-likeness (QED) is 0.929. The summed E-state index contributed by atoms with van der Waals surface area (Å²) in [6.07, 6.45) is 4.54. The molecule has 2 aliphatic rings. The van der Waals surface area contributed by atoms with Crippen LogP contribution < -0.4 is 0 Å². The monoisotopic (exact) mass is 291 g/mol. The van der Waals surface area contributed by atoms with Gasteiger partial charge in [0.1, 0.15) is 5.82 Å². The topological polar surface area (TPSA) is 40.5 Å². The molecular weight excluding hydrogens is 269 g/mol. The largest absolute Gasteiger partial charge is 0.396 e. The molecule has 2 fully saturated rings. The van der Waals surface area contributed by atoms with Crippen molar-refractivity contribution in [3.05, 3.63) is 35.6 Å². The number of hydrogen-bond donors (Lipinski definition) is 1. The summed E-state index contributed by atoms with van der Waals surface area (Å²) >= 11 is 0. The van der Waals surface area contributed by atoms with E-state index in [0.29, 0.717) is 6.54 Å². The number of aliphatic hydroxyl groups is 1. The highest BCUT2D eigenvalue weighted by molar-refractivity contribution is 5.89. The molecule has 1 aliphatic heterocycles. The van der Waals surface area contributed by atoms with E-state index < -0.39 is 5.41 Å². The Bertz CT molecular complexity index is 527. The van der Waals surface area contributed by atoms with Crippen LogP contribution in [0.2, 0.25) is 0 Å². The van der Waals surface area contributed by atoms with Gasteiger partial charge in [-0.1, -0.05) is 18.6 Å². The van der Waals surface area contributed by atoms with E-state index in [1.807, 2.05) is 11.0 Å². The Morgan fingerprint density at radius 1 is 1.38 bits per heavy atom. The van der Waals surface area contributed by atoms with E-state index in [1.54, 1.807) is 6.07 Å². The van der Waals surface area contributed by atoms with E-state index in [2.05, 4.69) is 0 Å². The number of carbonyl (C=O) groups excluding carboxylic acids is 1. The average molecular weight is 291 g/mol. The maximum absolute atomic E-state index is 13.5. The van der Waals surface area contributed by atoms with Gasteiger partial charge in [0.05, 0.1) is 5.41 Å². The Morgan fingerprint density at radius 3 is 2.81 bits per heavy atom. The fraction of sp³-hybridized carbons (Fsp3) is 0.588. The lowest BCUT2D eigenvalue weighted by atomic mass is 9.63. The molecule has 1 saturated carbocycles. The summed E-state index contributed by atoms with van der Waals surface area (Å²) in [4.78, 5) is 14.9. The Morgan fingerprint density at radius 2 is 2.19 bits per heavy atom. The molecule has 1 amide bonds. The van der Waals surface area contributed by atoms with Crippen LogP contribution in [0.25, 0.3) is 0 Å². The molecule has 0 bridgehead atoms. The number of benzene rings is 1. The number of nitrogens with zero attached hydrogens (tertiary/aromatic N) is 1.